The molecule has 3 rings (SSSR count). The maximum Gasteiger partial charge on any atom is 0.300 e. The van der Waals surface area contributed by atoms with Crippen LogP contribution in [-0.2, 0) is 0 Å². The van der Waals surface area contributed by atoms with E-state index in [1.54, 1.807) is 12.1 Å². The number of pyridine rings is 1. The van der Waals surface area contributed by atoms with Crippen molar-refractivity contribution in [1.29, 1.82) is 0 Å². The highest BCUT2D eigenvalue weighted by Crippen LogP contribution is 2.24. The Morgan fingerprint density at radius 2 is 2.20 bits per heavy atom. The summed E-state index contributed by atoms with van der Waals surface area (Å²) >= 11 is 0. The lowest BCUT2D eigenvalue weighted by atomic mass is 10.3. The Labute approximate surface area is 111 Å². The lowest BCUT2D eigenvalue weighted by Crippen LogP contribution is -2.09. The van der Waals surface area contributed by atoms with Crippen LogP contribution >= 0.6 is 0 Å². The third-order valence-electron chi connectivity index (χ3n) is 2.64. The van der Waals surface area contributed by atoms with Gasteiger partial charge < -0.3 is 14.7 Å². The van der Waals surface area contributed by atoms with Crippen molar-refractivity contribution in [3.63, 3.8) is 0 Å². The quantitative estimate of drug-likeness (QED) is 0.557. The first kappa shape index (κ1) is 11.9. The summed E-state index contributed by atoms with van der Waals surface area (Å²) in [5, 5.41) is 13.4. The number of benzene rings is 1. The monoisotopic (exact) mass is 272 g/mol. The Hall–Kier alpha value is -3.16. The molecule has 2 N–H and O–H groups in total. The number of nitro groups is 1. The summed E-state index contributed by atoms with van der Waals surface area (Å²) in [6.45, 7) is 0. The number of rotatable bonds is 3. The van der Waals surface area contributed by atoms with Crippen molar-refractivity contribution < 1.29 is 9.34 Å². The van der Waals surface area contributed by atoms with E-state index in [-0.39, 0.29) is 28.5 Å². The second-order valence-electron chi connectivity index (χ2n) is 3.97. The van der Waals surface area contributed by atoms with E-state index in [2.05, 4.69) is 15.3 Å². The second-order valence-corrected chi connectivity index (χ2v) is 3.97. The molecule has 1 aromatic carbocycles. The molecule has 0 bridgehead atoms. The highest BCUT2D eigenvalue weighted by atomic mass is 16.6. The zero-order valence-electron chi connectivity index (χ0n) is 9.99. The van der Waals surface area contributed by atoms with Gasteiger partial charge in [-0.05, 0) is 18.2 Å². The molecule has 0 fully saturated rings. The molecule has 0 radical (unpaired) electrons. The maximum absolute atomic E-state index is 11.5. The Kier molecular flexibility index (Phi) is 2.68. The number of nitrogens with zero attached hydrogens (tertiary/aromatic N) is 2. The Morgan fingerprint density at radius 3 is 2.95 bits per heavy atom. The van der Waals surface area contributed by atoms with Crippen molar-refractivity contribution in [2.24, 2.45) is 0 Å². The van der Waals surface area contributed by atoms with Crippen LogP contribution in [0.3, 0.4) is 0 Å². The number of hydrogen-bond donors (Lipinski definition) is 2. The molecule has 0 saturated heterocycles. The zero-order valence-corrected chi connectivity index (χ0v) is 9.99. The molecule has 3 aromatic rings. The van der Waals surface area contributed by atoms with E-state index < -0.39 is 4.92 Å². The van der Waals surface area contributed by atoms with Crippen LogP contribution in [0.4, 0.5) is 17.4 Å². The average Bonchev–Trinajstić information content (AvgIpc) is 2.82. The van der Waals surface area contributed by atoms with Crippen LogP contribution < -0.4 is 10.9 Å². The van der Waals surface area contributed by atoms with Gasteiger partial charge in [-0.15, -0.1) is 0 Å². The third-order valence-corrected chi connectivity index (χ3v) is 2.64. The third kappa shape index (κ3) is 2.09. The first-order chi connectivity index (χ1) is 9.63. The Bertz CT molecular complexity index is 852. The molecular formula is C12H8N4O4. The normalized spacial score (nSPS) is 10.6. The lowest BCUT2D eigenvalue weighted by molar-refractivity contribution is -0.384. The molecule has 100 valence electrons. The first-order valence-electron chi connectivity index (χ1n) is 5.63. The predicted molar refractivity (Wildman–Crippen MR) is 71.0 cm³/mol. The zero-order chi connectivity index (χ0) is 14.1. The highest BCUT2D eigenvalue weighted by molar-refractivity contribution is 5.77. The van der Waals surface area contributed by atoms with Gasteiger partial charge in [-0.1, -0.05) is 0 Å². The molecular weight excluding hydrogens is 264 g/mol. The van der Waals surface area contributed by atoms with E-state index in [1.807, 2.05) is 0 Å². The number of nitrogens with one attached hydrogen (secondary N) is 2. The molecule has 0 aliphatic heterocycles. The summed E-state index contributed by atoms with van der Waals surface area (Å²) in [6, 6.07) is 7.41. The molecule has 8 heteroatoms. The van der Waals surface area contributed by atoms with Gasteiger partial charge in [-0.2, -0.15) is 4.98 Å². The first-order valence-corrected chi connectivity index (χ1v) is 5.63. The minimum atomic E-state index is -0.517. The number of oxazole rings is 1. The van der Waals surface area contributed by atoms with Crippen LogP contribution in [0, 0.1) is 10.1 Å². The highest BCUT2D eigenvalue weighted by Gasteiger charge is 2.12. The van der Waals surface area contributed by atoms with Gasteiger partial charge in [0, 0.05) is 12.3 Å². The number of aromatic amines is 1. The van der Waals surface area contributed by atoms with Crippen LogP contribution in [-0.4, -0.2) is 14.9 Å². The van der Waals surface area contributed by atoms with Crippen LogP contribution in [0.2, 0.25) is 0 Å². The molecule has 0 aliphatic rings. The molecule has 0 spiro atoms. The van der Waals surface area contributed by atoms with E-state index in [1.165, 1.54) is 24.4 Å². The number of H-pyrrole nitrogens is 1. The van der Waals surface area contributed by atoms with E-state index in [4.69, 9.17) is 4.42 Å². The minimum absolute atomic E-state index is 0.0854. The van der Waals surface area contributed by atoms with Crippen molar-refractivity contribution in [1.82, 2.24) is 9.97 Å². The molecule has 20 heavy (non-hydrogen) atoms. The topological polar surface area (TPSA) is 114 Å². The Balaban J connectivity index is 1.99. The predicted octanol–water partition coefficient (Wildman–Crippen LogP) is 2.17. The van der Waals surface area contributed by atoms with E-state index in [0.29, 0.717) is 5.52 Å². The average molecular weight is 272 g/mol. The fourth-order valence-electron chi connectivity index (χ4n) is 1.72. The summed E-state index contributed by atoms with van der Waals surface area (Å²) in [5.74, 6) is 0. The number of non-ortho nitro benzene ring substituents is 1. The van der Waals surface area contributed by atoms with E-state index in [0.717, 1.165) is 0 Å². The molecule has 2 aromatic heterocycles. The van der Waals surface area contributed by atoms with Crippen molar-refractivity contribution >= 4 is 28.5 Å². The van der Waals surface area contributed by atoms with Gasteiger partial charge in [0.25, 0.3) is 17.3 Å². The maximum atomic E-state index is 11.5. The molecule has 0 unspecified atom stereocenters. The van der Waals surface area contributed by atoms with Gasteiger partial charge in [0.1, 0.15) is 11.2 Å². The number of nitro benzene ring substituents is 1. The fraction of sp³-hybridized carbons (Fsp3) is 0. The van der Waals surface area contributed by atoms with Crippen molar-refractivity contribution in [2.75, 3.05) is 5.32 Å². The number of fused-ring (bicyclic) bond motifs is 1. The van der Waals surface area contributed by atoms with Gasteiger partial charge in [0.05, 0.1) is 11.0 Å². The molecule has 0 aliphatic carbocycles. The van der Waals surface area contributed by atoms with Crippen LogP contribution in [0.25, 0.3) is 11.1 Å². The molecule has 0 atom stereocenters. The molecule has 0 amide bonds. The van der Waals surface area contributed by atoms with Crippen molar-refractivity contribution in [2.45, 2.75) is 0 Å². The second kappa shape index (κ2) is 4.50. The SMILES string of the molecule is O=c1[nH]cccc1Nc1nc2ccc([N+](=O)[O-])cc2o1. The molecule has 2 heterocycles. The number of hydrogen-bond acceptors (Lipinski definition) is 6. The summed E-state index contributed by atoms with van der Waals surface area (Å²) < 4.78 is 5.34. The van der Waals surface area contributed by atoms with Gasteiger partial charge in [0.2, 0.25) is 0 Å². The van der Waals surface area contributed by atoms with Gasteiger partial charge in [-0.3, -0.25) is 14.9 Å². The fourth-order valence-corrected chi connectivity index (χ4v) is 1.72. The lowest BCUT2D eigenvalue weighted by Gasteiger charge is -1.98. The van der Waals surface area contributed by atoms with E-state index >= 15 is 0 Å². The van der Waals surface area contributed by atoms with Crippen LogP contribution in [0.1, 0.15) is 0 Å². The summed E-state index contributed by atoms with van der Waals surface area (Å²) in [6.07, 6.45) is 1.50. The van der Waals surface area contributed by atoms with Gasteiger partial charge in [-0.25, -0.2) is 0 Å². The summed E-state index contributed by atoms with van der Waals surface area (Å²) in [5.41, 5.74) is 0.603. The summed E-state index contributed by atoms with van der Waals surface area (Å²) in [7, 11) is 0. The van der Waals surface area contributed by atoms with Crippen LogP contribution in [0.15, 0.2) is 45.7 Å². The molecule has 0 saturated carbocycles. The smallest absolute Gasteiger partial charge is 0.300 e. The van der Waals surface area contributed by atoms with Crippen LogP contribution in [0.5, 0.6) is 0 Å². The molecule has 8 nitrogen and oxygen atoms in total. The van der Waals surface area contributed by atoms with Gasteiger partial charge >= 0.3 is 0 Å². The van der Waals surface area contributed by atoms with E-state index in [9.17, 15) is 14.9 Å². The van der Waals surface area contributed by atoms with Gasteiger partial charge in [0.15, 0.2) is 5.58 Å². The number of aromatic nitrogens is 2. The number of anilines is 2. The summed E-state index contributed by atoms with van der Waals surface area (Å²) in [4.78, 5) is 28.3. The Morgan fingerprint density at radius 1 is 1.35 bits per heavy atom. The van der Waals surface area contributed by atoms with Crippen molar-refractivity contribution in [3.8, 4) is 0 Å². The van der Waals surface area contributed by atoms with Crippen molar-refractivity contribution in [3.05, 3.63) is 57.0 Å². The standard InChI is InChI=1S/C12H8N4O4/c17-11-9(2-1-5-13-11)15-12-14-8-4-3-7(16(18)19)6-10(8)20-12/h1-6H,(H,13,17)(H,14,15). The minimum Gasteiger partial charge on any atom is -0.423 e. The largest absolute Gasteiger partial charge is 0.423 e.